The van der Waals surface area contributed by atoms with Crippen LogP contribution in [0.3, 0.4) is 0 Å². The summed E-state index contributed by atoms with van der Waals surface area (Å²) in [7, 11) is 0. The highest BCUT2D eigenvalue weighted by atomic mass is 19.1. The molecule has 2 aromatic heterocycles. The lowest BCUT2D eigenvalue weighted by atomic mass is 9.44. The van der Waals surface area contributed by atoms with Gasteiger partial charge in [-0.05, 0) is 81.1 Å². The summed E-state index contributed by atoms with van der Waals surface area (Å²) in [5, 5.41) is 26.6. The van der Waals surface area contributed by atoms with Gasteiger partial charge in [-0.2, -0.15) is 9.49 Å². The molecular formula is C30H33F2N3O5. The molecule has 0 saturated heterocycles. The topological polar surface area (TPSA) is 115 Å². The zero-order valence-corrected chi connectivity index (χ0v) is 22.6. The summed E-state index contributed by atoms with van der Waals surface area (Å²) in [4.78, 5) is 29.2. The van der Waals surface area contributed by atoms with Crippen LogP contribution in [0.25, 0.3) is 11.8 Å². The van der Waals surface area contributed by atoms with E-state index < -0.39 is 52.0 Å². The Kier molecular flexibility index (Phi) is 5.30. The monoisotopic (exact) mass is 553 g/mol. The number of carboxylic acids is 1. The molecule has 0 radical (unpaired) electrons. The van der Waals surface area contributed by atoms with E-state index >= 15 is 4.39 Å². The number of aliphatic carboxylic acids is 1. The molecule has 0 aromatic carbocycles. The third-order valence-electron chi connectivity index (χ3n) is 11.2. The molecule has 212 valence electrons. The van der Waals surface area contributed by atoms with Crippen molar-refractivity contribution in [3.05, 3.63) is 47.3 Å². The van der Waals surface area contributed by atoms with Crippen LogP contribution in [0.15, 0.2) is 30.1 Å². The Hall–Kier alpha value is -3.14. The lowest BCUT2D eigenvalue weighted by Crippen LogP contribution is -2.70. The first-order valence-corrected chi connectivity index (χ1v) is 14.2. The van der Waals surface area contributed by atoms with Crippen LogP contribution < -0.4 is 0 Å². The summed E-state index contributed by atoms with van der Waals surface area (Å²) in [5.74, 6) is -3.52. The van der Waals surface area contributed by atoms with Crippen molar-refractivity contribution in [1.82, 2.24) is 14.8 Å². The third kappa shape index (κ3) is 3.14. The van der Waals surface area contributed by atoms with Crippen molar-refractivity contribution >= 4 is 18.0 Å². The lowest BCUT2D eigenvalue weighted by molar-refractivity contribution is -0.236. The molecule has 7 rings (SSSR count). The Balaban J connectivity index is 1.26. The SMILES string of the molecule is C[C@]12Cc3cnn(-c4ccc(F)nc4)c3C=C1CC[C@H]1[C@@H]3CC[C@](OC(=O)C4CC4)(C(=O)O)[C@@]3(C)C[C@H](O)[C@@]12F. The van der Waals surface area contributed by atoms with Crippen LogP contribution >= 0.6 is 0 Å². The van der Waals surface area contributed by atoms with Gasteiger partial charge >= 0.3 is 11.9 Å². The summed E-state index contributed by atoms with van der Waals surface area (Å²) in [6, 6.07) is 2.85. The normalized spacial score (nSPS) is 39.8. The van der Waals surface area contributed by atoms with Crippen molar-refractivity contribution in [3.63, 3.8) is 0 Å². The van der Waals surface area contributed by atoms with Crippen molar-refractivity contribution in [2.45, 2.75) is 82.6 Å². The van der Waals surface area contributed by atoms with E-state index in [2.05, 4.69) is 10.1 Å². The van der Waals surface area contributed by atoms with Gasteiger partial charge in [0.1, 0.15) is 5.67 Å². The molecule has 40 heavy (non-hydrogen) atoms. The van der Waals surface area contributed by atoms with Gasteiger partial charge in [0, 0.05) is 16.7 Å². The molecule has 2 N–H and O–H groups in total. The maximum Gasteiger partial charge on any atom is 0.348 e. The Labute approximate surface area is 230 Å². The number of aliphatic hydroxyl groups excluding tert-OH is 1. The standard InChI is InChI=1S/C30H33F2N3O5/c1-27-12-17-14-34-35(19-6-8-24(31)33-15-19)22(17)11-18(27)5-7-21-20-9-10-29(26(38)39,40-25(37)16-3-4-16)28(20,2)13-23(36)30(21,27)32/h6,8,11,14-16,20-21,23,36H,3-5,7,9-10,12-13H2,1-2H3,(H,38,39)/t20-,21-,23-,27-,28-,29-,30-/m0/s1. The average molecular weight is 554 g/mol. The second kappa shape index (κ2) is 8.21. The van der Waals surface area contributed by atoms with Crippen LogP contribution in [0.4, 0.5) is 8.78 Å². The minimum absolute atomic E-state index is 0.106. The van der Waals surface area contributed by atoms with Gasteiger partial charge < -0.3 is 14.9 Å². The molecule has 0 bridgehead atoms. The fraction of sp³-hybridized carbons (Fsp3) is 0.600. The Morgan fingerprint density at radius 3 is 2.58 bits per heavy atom. The predicted molar refractivity (Wildman–Crippen MR) is 138 cm³/mol. The van der Waals surface area contributed by atoms with Gasteiger partial charge in [0.25, 0.3) is 0 Å². The maximum absolute atomic E-state index is 17.8. The molecule has 2 aromatic rings. The number of ether oxygens (including phenoxy) is 1. The van der Waals surface area contributed by atoms with Gasteiger partial charge in [-0.15, -0.1) is 0 Å². The number of rotatable bonds is 4. The number of carboxylic acid groups (broad SMARTS) is 1. The molecule has 10 heteroatoms. The minimum atomic E-state index is -2.01. The number of hydrogen-bond acceptors (Lipinski definition) is 6. The molecule has 0 amide bonds. The van der Waals surface area contributed by atoms with Gasteiger partial charge in [-0.25, -0.2) is 18.9 Å². The second-order valence-electron chi connectivity index (χ2n) is 13.0. The average Bonchev–Trinajstić information content (AvgIpc) is 3.63. The number of carbonyl (C=O) groups excluding carboxylic acids is 1. The van der Waals surface area contributed by atoms with E-state index in [4.69, 9.17) is 4.74 Å². The van der Waals surface area contributed by atoms with E-state index in [0.717, 1.165) is 16.8 Å². The first kappa shape index (κ1) is 25.8. The number of aromatic nitrogens is 3. The highest BCUT2D eigenvalue weighted by Crippen LogP contribution is 2.71. The van der Waals surface area contributed by atoms with Crippen molar-refractivity contribution in [2.24, 2.45) is 28.6 Å². The molecule has 2 heterocycles. The van der Waals surface area contributed by atoms with Crippen LogP contribution in [0.5, 0.6) is 0 Å². The molecule has 5 aliphatic carbocycles. The quantitative estimate of drug-likeness (QED) is 0.425. The van der Waals surface area contributed by atoms with Gasteiger partial charge in [0.15, 0.2) is 0 Å². The van der Waals surface area contributed by atoms with Crippen LogP contribution in [0.2, 0.25) is 0 Å². The van der Waals surface area contributed by atoms with E-state index in [-0.39, 0.29) is 24.7 Å². The number of nitrogens with zero attached hydrogens (tertiary/aromatic N) is 3. The molecule has 0 aliphatic heterocycles. The number of aliphatic hydroxyl groups is 1. The number of carbonyl (C=O) groups is 2. The highest BCUT2D eigenvalue weighted by Gasteiger charge is 2.76. The zero-order chi connectivity index (χ0) is 28.2. The fourth-order valence-corrected chi connectivity index (χ4v) is 8.88. The van der Waals surface area contributed by atoms with Crippen LogP contribution in [-0.2, 0) is 20.7 Å². The summed E-state index contributed by atoms with van der Waals surface area (Å²) in [6.45, 7) is 3.64. The van der Waals surface area contributed by atoms with Crippen molar-refractivity contribution in [1.29, 1.82) is 0 Å². The number of pyridine rings is 1. The molecule has 0 unspecified atom stereocenters. The lowest BCUT2D eigenvalue weighted by Gasteiger charge is -2.63. The number of esters is 1. The Bertz CT molecular complexity index is 1450. The molecule has 0 spiro atoms. The minimum Gasteiger partial charge on any atom is -0.478 e. The molecule has 7 atom stereocenters. The summed E-state index contributed by atoms with van der Waals surface area (Å²) < 4.78 is 38.7. The highest BCUT2D eigenvalue weighted by molar-refractivity contribution is 5.85. The number of allylic oxidation sites excluding steroid dienone is 1. The second-order valence-corrected chi connectivity index (χ2v) is 13.0. The van der Waals surface area contributed by atoms with Crippen LogP contribution in [0, 0.1) is 34.5 Å². The molecule has 4 fully saturated rings. The van der Waals surface area contributed by atoms with Crippen molar-refractivity contribution < 1.29 is 33.3 Å². The molecule has 4 saturated carbocycles. The van der Waals surface area contributed by atoms with Gasteiger partial charge in [-0.1, -0.05) is 19.4 Å². The first-order valence-electron chi connectivity index (χ1n) is 14.2. The van der Waals surface area contributed by atoms with Crippen molar-refractivity contribution in [2.75, 3.05) is 0 Å². The fourth-order valence-electron chi connectivity index (χ4n) is 8.88. The van der Waals surface area contributed by atoms with Gasteiger partial charge in [0.05, 0.1) is 35.8 Å². The van der Waals surface area contributed by atoms with Crippen LogP contribution in [-0.4, -0.2) is 54.3 Å². The smallest absolute Gasteiger partial charge is 0.348 e. The van der Waals surface area contributed by atoms with E-state index in [1.165, 1.54) is 12.3 Å². The van der Waals surface area contributed by atoms with E-state index in [9.17, 15) is 24.2 Å². The maximum atomic E-state index is 17.8. The Morgan fingerprint density at radius 2 is 1.90 bits per heavy atom. The van der Waals surface area contributed by atoms with E-state index in [0.29, 0.717) is 44.2 Å². The number of alkyl halides is 1. The largest absolute Gasteiger partial charge is 0.478 e. The summed E-state index contributed by atoms with van der Waals surface area (Å²) in [6.07, 6.45) is 6.75. The number of hydrogen-bond donors (Lipinski definition) is 2. The Morgan fingerprint density at radius 1 is 1.12 bits per heavy atom. The van der Waals surface area contributed by atoms with E-state index in [1.54, 1.807) is 23.9 Å². The van der Waals surface area contributed by atoms with Crippen LogP contribution in [0.1, 0.15) is 70.1 Å². The third-order valence-corrected chi connectivity index (χ3v) is 11.2. The zero-order valence-electron chi connectivity index (χ0n) is 22.6. The summed E-state index contributed by atoms with van der Waals surface area (Å²) in [5.41, 5.74) is -2.83. The van der Waals surface area contributed by atoms with Gasteiger partial charge in [-0.3, -0.25) is 4.79 Å². The molecule has 5 aliphatic rings. The van der Waals surface area contributed by atoms with Gasteiger partial charge in [0.2, 0.25) is 11.5 Å². The number of halogens is 2. The number of fused-ring (bicyclic) bond motifs is 6. The molecule has 8 nitrogen and oxygen atoms in total. The summed E-state index contributed by atoms with van der Waals surface area (Å²) >= 11 is 0. The predicted octanol–water partition coefficient (Wildman–Crippen LogP) is 4.43. The van der Waals surface area contributed by atoms with Crippen molar-refractivity contribution in [3.8, 4) is 5.69 Å². The van der Waals surface area contributed by atoms with E-state index in [1.807, 2.05) is 13.0 Å². The first-order chi connectivity index (χ1) is 18.9. The molecular weight excluding hydrogens is 520 g/mol.